The van der Waals surface area contributed by atoms with Crippen molar-refractivity contribution in [2.45, 2.75) is 12.8 Å². The van der Waals surface area contributed by atoms with Crippen LogP contribution in [0.1, 0.15) is 39.1 Å². The third-order valence-corrected chi connectivity index (χ3v) is 6.38. The summed E-state index contributed by atoms with van der Waals surface area (Å²) in [7, 11) is 1.50. The molecule has 0 heterocycles. The van der Waals surface area contributed by atoms with Gasteiger partial charge in [0, 0.05) is 21.5 Å². The molecule has 0 N–H and O–H groups in total. The van der Waals surface area contributed by atoms with E-state index < -0.39 is 40.6 Å². The Morgan fingerprint density at radius 1 is 1.07 bits per heavy atom. The molecule has 2 aliphatic rings. The van der Waals surface area contributed by atoms with Crippen molar-refractivity contribution in [3.05, 3.63) is 63.6 Å². The summed E-state index contributed by atoms with van der Waals surface area (Å²) in [6, 6.07) is 11.3. The fourth-order valence-electron chi connectivity index (χ4n) is 4.33. The number of rotatable bonds is 4. The van der Waals surface area contributed by atoms with Crippen molar-refractivity contribution in [1.82, 2.24) is 0 Å². The summed E-state index contributed by atoms with van der Waals surface area (Å²) >= 11 is 3.44. The SMILES string of the molecule is CCOC(=O)C1C(c2cc(OC)ccc2Br)C12C(=O)C(=O)c1ccccc1C2=O. The minimum Gasteiger partial charge on any atom is -0.497 e. The van der Waals surface area contributed by atoms with Gasteiger partial charge in [0.25, 0.3) is 0 Å². The van der Waals surface area contributed by atoms with Crippen molar-refractivity contribution < 1.29 is 28.7 Å². The minimum atomic E-state index is -1.79. The van der Waals surface area contributed by atoms with Gasteiger partial charge in [-0.25, -0.2) is 0 Å². The number of hydrogen-bond donors (Lipinski definition) is 0. The largest absolute Gasteiger partial charge is 0.497 e. The molecule has 2 aliphatic carbocycles. The first-order valence-electron chi connectivity index (χ1n) is 9.12. The van der Waals surface area contributed by atoms with Crippen LogP contribution in [0, 0.1) is 11.3 Å². The zero-order chi connectivity index (χ0) is 20.9. The number of hydrogen-bond acceptors (Lipinski definition) is 6. The Labute approximate surface area is 175 Å². The van der Waals surface area contributed by atoms with Gasteiger partial charge >= 0.3 is 5.97 Å². The highest BCUT2D eigenvalue weighted by molar-refractivity contribution is 9.10. The lowest BCUT2D eigenvalue weighted by Crippen LogP contribution is -2.41. The fraction of sp³-hybridized carbons (Fsp3) is 0.273. The van der Waals surface area contributed by atoms with Crippen molar-refractivity contribution in [3.63, 3.8) is 0 Å². The highest BCUT2D eigenvalue weighted by Crippen LogP contribution is 2.69. The molecular formula is C22H17BrO6. The molecule has 0 saturated heterocycles. The molecule has 4 rings (SSSR count). The summed E-state index contributed by atoms with van der Waals surface area (Å²) < 4.78 is 11.0. The topological polar surface area (TPSA) is 86.7 Å². The predicted octanol–water partition coefficient (Wildman–Crippen LogP) is 3.37. The van der Waals surface area contributed by atoms with Gasteiger partial charge in [0.2, 0.25) is 11.6 Å². The number of esters is 1. The zero-order valence-electron chi connectivity index (χ0n) is 15.7. The van der Waals surface area contributed by atoms with E-state index in [0.717, 1.165) is 0 Å². The summed E-state index contributed by atoms with van der Waals surface area (Å²) in [5.74, 6) is -4.17. The second-order valence-corrected chi connectivity index (χ2v) is 7.85. The van der Waals surface area contributed by atoms with Crippen LogP contribution in [0.4, 0.5) is 0 Å². The molecule has 1 saturated carbocycles. The van der Waals surface area contributed by atoms with Crippen LogP contribution >= 0.6 is 15.9 Å². The summed E-state index contributed by atoms with van der Waals surface area (Å²) in [6.45, 7) is 1.75. The first-order valence-corrected chi connectivity index (χ1v) is 9.91. The highest BCUT2D eigenvalue weighted by Gasteiger charge is 2.80. The number of carbonyl (C=O) groups is 4. The van der Waals surface area contributed by atoms with Gasteiger partial charge < -0.3 is 9.47 Å². The number of ketones is 3. The fourth-order valence-corrected chi connectivity index (χ4v) is 4.83. The van der Waals surface area contributed by atoms with Gasteiger partial charge in [-0.1, -0.05) is 40.2 Å². The van der Waals surface area contributed by atoms with E-state index in [1.54, 1.807) is 37.3 Å². The summed E-state index contributed by atoms with van der Waals surface area (Å²) in [4.78, 5) is 52.3. The minimum absolute atomic E-state index is 0.0751. The van der Waals surface area contributed by atoms with Crippen LogP contribution in [0.15, 0.2) is 46.9 Å². The van der Waals surface area contributed by atoms with Crippen LogP contribution in [0.5, 0.6) is 5.75 Å². The van der Waals surface area contributed by atoms with Gasteiger partial charge in [-0.05, 0) is 30.7 Å². The van der Waals surface area contributed by atoms with Crippen LogP contribution < -0.4 is 4.74 Å². The lowest BCUT2D eigenvalue weighted by atomic mass is 9.75. The maximum atomic E-state index is 13.5. The molecule has 3 unspecified atom stereocenters. The summed E-state index contributed by atoms with van der Waals surface area (Å²) in [5.41, 5.74) is -0.998. The zero-order valence-corrected chi connectivity index (χ0v) is 17.3. The molecule has 0 bridgehead atoms. The van der Waals surface area contributed by atoms with E-state index in [2.05, 4.69) is 15.9 Å². The number of methoxy groups -OCH3 is 1. The second kappa shape index (κ2) is 6.91. The van der Waals surface area contributed by atoms with E-state index in [0.29, 0.717) is 15.8 Å². The maximum absolute atomic E-state index is 13.5. The number of benzene rings is 2. The average molecular weight is 457 g/mol. The van der Waals surface area contributed by atoms with E-state index in [-0.39, 0.29) is 17.7 Å². The normalized spacial score (nSPS) is 25.0. The van der Waals surface area contributed by atoms with Crippen molar-refractivity contribution >= 4 is 39.2 Å². The lowest BCUT2D eigenvalue weighted by Gasteiger charge is -2.22. The molecule has 29 heavy (non-hydrogen) atoms. The maximum Gasteiger partial charge on any atom is 0.311 e. The Balaban J connectivity index is 1.93. The van der Waals surface area contributed by atoms with Crippen molar-refractivity contribution in [2.24, 2.45) is 11.3 Å². The Kier molecular flexibility index (Phi) is 4.65. The molecular weight excluding hydrogens is 440 g/mol. The first-order chi connectivity index (χ1) is 13.9. The quantitative estimate of drug-likeness (QED) is 0.398. The van der Waals surface area contributed by atoms with E-state index in [1.807, 2.05) is 0 Å². The van der Waals surface area contributed by atoms with E-state index >= 15 is 0 Å². The summed E-state index contributed by atoms with van der Waals surface area (Å²) in [6.07, 6.45) is 0. The van der Waals surface area contributed by atoms with Crippen molar-refractivity contribution in [2.75, 3.05) is 13.7 Å². The van der Waals surface area contributed by atoms with Crippen LogP contribution in [-0.2, 0) is 14.3 Å². The Bertz CT molecular complexity index is 1070. The molecule has 7 heteroatoms. The molecule has 1 spiro atoms. The van der Waals surface area contributed by atoms with Gasteiger partial charge in [-0.2, -0.15) is 0 Å². The van der Waals surface area contributed by atoms with Gasteiger partial charge in [-0.15, -0.1) is 0 Å². The molecule has 0 aromatic heterocycles. The molecule has 0 aliphatic heterocycles. The second-order valence-electron chi connectivity index (χ2n) is 7.00. The van der Waals surface area contributed by atoms with Crippen LogP contribution in [0.3, 0.4) is 0 Å². The van der Waals surface area contributed by atoms with Crippen LogP contribution in [0.25, 0.3) is 0 Å². The molecule has 1 fully saturated rings. The molecule has 0 radical (unpaired) electrons. The third kappa shape index (κ3) is 2.60. The molecule has 6 nitrogen and oxygen atoms in total. The third-order valence-electron chi connectivity index (χ3n) is 5.66. The number of halogens is 1. The molecule has 2 aromatic carbocycles. The smallest absolute Gasteiger partial charge is 0.311 e. The molecule has 0 amide bonds. The standard InChI is InChI=1S/C22H17BrO6/c1-3-29-21(27)17-16(14-10-11(28-2)8-9-15(14)23)22(17)19(25)13-7-5-4-6-12(13)18(24)20(22)26/h4-10,16-17H,3H2,1-2H3. The molecule has 148 valence electrons. The number of fused-ring (bicyclic) bond motifs is 1. The monoisotopic (exact) mass is 456 g/mol. The van der Waals surface area contributed by atoms with Gasteiger partial charge in [-0.3, -0.25) is 19.2 Å². The van der Waals surface area contributed by atoms with Crippen LogP contribution in [-0.4, -0.2) is 37.0 Å². The highest BCUT2D eigenvalue weighted by atomic mass is 79.9. The Morgan fingerprint density at radius 2 is 1.76 bits per heavy atom. The van der Waals surface area contributed by atoms with Crippen LogP contribution in [0.2, 0.25) is 0 Å². The van der Waals surface area contributed by atoms with Crippen molar-refractivity contribution in [3.8, 4) is 5.75 Å². The van der Waals surface area contributed by atoms with E-state index in [9.17, 15) is 19.2 Å². The average Bonchev–Trinajstić information content (AvgIpc) is 3.42. The van der Waals surface area contributed by atoms with E-state index in [4.69, 9.17) is 9.47 Å². The van der Waals surface area contributed by atoms with Gasteiger partial charge in [0.15, 0.2) is 5.78 Å². The molecule has 2 aromatic rings. The Morgan fingerprint density at radius 3 is 2.41 bits per heavy atom. The predicted molar refractivity (Wildman–Crippen MR) is 106 cm³/mol. The first kappa shape index (κ1) is 19.5. The Hall–Kier alpha value is -2.80. The van der Waals surface area contributed by atoms with Crippen molar-refractivity contribution in [1.29, 1.82) is 0 Å². The number of ether oxygens (including phenoxy) is 2. The molecule has 3 atom stereocenters. The lowest BCUT2D eigenvalue weighted by molar-refractivity contribution is -0.146. The number of carbonyl (C=O) groups excluding carboxylic acids is 4. The van der Waals surface area contributed by atoms with Gasteiger partial charge in [0.1, 0.15) is 11.2 Å². The summed E-state index contributed by atoms with van der Waals surface area (Å²) in [5, 5.41) is 0. The number of Topliss-reactive ketones (excluding diaryl/α,β-unsaturated/α-hetero) is 3. The van der Waals surface area contributed by atoms with E-state index in [1.165, 1.54) is 19.2 Å². The van der Waals surface area contributed by atoms with Gasteiger partial charge in [0.05, 0.1) is 19.6 Å².